The van der Waals surface area contributed by atoms with E-state index in [9.17, 15) is 4.79 Å². The largest absolute Gasteiger partial charge is 0.392 e. The molecule has 1 aliphatic carbocycles. The van der Waals surface area contributed by atoms with Crippen LogP contribution in [0, 0.1) is 11.3 Å². The quantitative estimate of drug-likeness (QED) is 0.508. The average molecular weight is 303 g/mol. The molecule has 0 unspecified atom stereocenters. The van der Waals surface area contributed by atoms with Gasteiger partial charge in [0.05, 0.1) is 10.4 Å². The Labute approximate surface area is 126 Å². The van der Waals surface area contributed by atoms with Crippen molar-refractivity contribution in [2.45, 2.75) is 45.4 Å². The van der Waals surface area contributed by atoms with E-state index < -0.39 is 5.41 Å². The topological polar surface area (TPSA) is 55.1 Å². The van der Waals surface area contributed by atoms with Gasteiger partial charge in [-0.05, 0) is 43.6 Å². The molecule has 0 aliphatic heterocycles. The summed E-state index contributed by atoms with van der Waals surface area (Å²) in [6.07, 6.45) is 8.48. The van der Waals surface area contributed by atoms with Gasteiger partial charge in [-0.1, -0.05) is 32.0 Å². The molecule has 0 aromatic carbocycles. The summed E-state index contributed by atoms with van der Waals surface area (Å²) in [6, 6.07) is 0. The highest BCUT2D eigenvalue weighted by Gasteiger charge is 2.50. The molecule has 0 aromatic rings. The fourth-order valence-corrected chi connectivity index (χ4v) is 3.48. The zero-order valence-corrected chi connectivity index (χ0v) is 13.7. The molecule has 5 heteroatoms. The van der Waals surface area contributed by atoms with Crippen molar-refractivity contribution in [3.8, 4) is 0 Å². The number of thiocarbonyl (C=S) groups is 1. The number of carbonyl (C=O) groups is 1. The molecule has 1 rings (SSSR count). The minimum atomic E-state index is -0.548. The lowest BCUT2D eigenvalue weighted by Gasteiger charge is -2.44. The molecule has 1 saturated carbocycles. The van der Waals surface area contributed by atoms with E-state index in [1.807, 2.05) is 11.8 Å². The maximum absolute atomic E-state index is 12.2. The van der Waals surface area contributed by atoms with Crippen LogP contribution in [0.25, 0.3) is 0 Å². The summed E-state index contributed by atoms with van der Waals surface area (Å²) in [5.41, 5.74) is 5.20. The Morgan fingerprint density at radius 1 is 1.37 bits per heavy atom. The lowest BCUT2D eigenvalue weighted by Crippen LogP contribution is -2.56. The molecule has 0 saturated heterocycles. The molecule has 19 heavy (non-hydrogen) atoms. The Morgan fingerprint density at radius 3 is 2.53 bits per heavy atom. The molecule has 110 valence electrons. The molecular formula is C14H26N2OS2. The van der Waals surface area contributed by atoms with Crippen molar-refractivity contribution < 1.29 is 4.79 Å². The average Bonchev–Trinajstić information content (AvgIpc) is 2.33. The van der Waals surface area contributed by atoms with Gasteiger partial charge in [-0.3, -0.25) is 4.79 Å². The Kier molecular flexibility index (Phi) is 7.15. The zero-order chi connectivity index (χ0) is 14.3. The second-order valence-electron chi connectivity index (χ2n) is 5.62. The monoisotopic (exact) mass is 302 g/mol. The van der Waals surface area contributed by atoms with Gasteiger partial charge in [0.1, 0.15) is 0 Å². The first-order chi connectivity index (χ1) is 9.03. The third kappa shape index (κ3) is 4.63. The molecule has 1 amide bonds. The van der Waals surface area contributed by atoms with E-state index in [0.717, 1.165) is 25.8 Å². The van der Waals surface area contributed by atoms with Crippen molar-refractivity contribution in [1.82, 2.24) is 5.32 Å². The molecule has 0 bridgehead atoms. The van der Waals surface area contributed by atoms with E-state index in [1.165, 1.54) is 25.0 Å². The number of nitrogens with two attached hydrogens (primary N) is 1. The van der Waals surface area contributed by atoms with Crippen molar-refractivity contribution in [2.24, 2.45) is 17.1 Å². The van der Waals surface area contributed by atoms with Gasteiger partial charge in [0.2, 0.25) is 5.91 Å². The molecule has 0 aromatic heterocycles. The molecule has 1 aliphatic rings. The summed E-state index contributed by atoms with van der Waals surface area (Å²) in [7, 11) is 0. The summed E-state index contributed by atoms with van der Waals surface area (Å²) in [5, 5.41) is 3.01. The van der Waals surface area contributed by atoms with Gasteiger partial charge in [-0.15, -0.1) is 0 Å². The number of amides is 1. The third-order valence-electron chi connectivity index (χ3n) is 3.86. The SMILES string of the molecule is CSCCCCCCNC(=O)C1(C(N)=S)CC(C)C1. The van der Waals surface area contributed by atoms with Crippen LogP contribution in [0.2, 0.25) is 0 Å². The van der Waals surface area contributed by atoms with E-state index in [1.54, 1.807) is 0 Å². The number of thioether (sulfide) groups is 1. The molecular weight excluding hydrogens is 276 g/mol. The van der Waals surface area contributed by atoms with Crippen molar-refractivity contribution in [1.29, 1.82) is 0 Å². The number of nitrogens with one attached hydrogen (secondary N) is 1. The minimum absolute atomic E-state index is 0.0437. The fraction of sp³-hybridized carbons (Fsp3) is 0.857. The number of carbonyl (C=O) groups excluding carboxylic acids is 1. The second-order valence-corrected chi connectivity index (χ2v) is 7.05. The predicted molar refractivity (Wildman–Crippen MR) is 87.5 cm³/mol. The zero-order valence-electron chi connectivity index (χ0n) is 12.0. The number of hydrogen-bond acceptors (Lipinski definition) is 3. The van der Waals surface area contributed by atoms with Crippen LogP contribution in [0.4, 0.5) is 0 Å². The van der Waals surface area contributed by atoms with Gasteiger partial charge in [0.25, 0.3) is 0 Å². The summed E-state index contributed by atoms with van der Waals surface area (Å²) in [6.45, 7) is 2.88. The second kappa shape index (κ2) is 8.10. The van der Waals surface area contributed by atoms with Gasteiger partial charge in [0.15, 0.2) is 0 Å². The first-order valence-corrected chi connectivity index (χ1v) is 8.90. The van der Waals surface area contributed by atoms with Crippen molar-refractivity contribution in [3.05, 3.63) is 0 Å². The molecule has 1 fully saturated rings. The van der Waals surface area contributed by atoms with Crippen LogP contribution in [0.5, 0.6) is 0 Å². The molecule has 0 atom stereocenters. The predicted octanol–water partition coefficient (Wildman–Crippen LogP) is 2.73. The third-order valence-corrected chi connectivity index (χ3v) is 4.95. The first-order valence-electron chi connectivity index (χ1n) is 7.10. The van der Waals surface area contributed by atoms with Crippen LogP contribution in [0.15, 0.2) is 0 Å². The lowest BCUT2D eigenvalue weighted by molar-refractivity contribution is -0.132. The summed E-state index contributed by atoms with van der Waals surface area (Å²) >= 11 is 6.96. The number of rotatable bonds is 9. The highest BCUT2D eigenvalue weighted by molar-refractivity contribution is 7.98. The molecule has 0 radical (unpaired) electrons. The van der Waals surface area contributed by atoms with Crippen LogP contribution >= 0.6 is 24.0 Å². The summed E-state index contributed by atoms with van der Waals surface area (Å²) in [5.74, 6) is 1.83. The number of unbranched alkanes of at least 4 members (excludes halogenated alkanes) is 3. The van der Waals surface area contributed by atoms with Crippen molar-refractivity contribution in [3.63, 3.8) is 0 Å². The summed E-state index contributed by atoms with van der Waals surface area (Å²) in [4.78, 5) is 12.6. The Bertz CT molecular complexity index is 315. The Morgan fingerprint density at radius 2 is 2.00 bits per heavy atom. The van der Waals surface area contributed by atoms with E-state index in [-0.39, 0.29) is 5.91 Å². The van der Waals surface area contributed by atoms with E-state index in [0.29, 0.717) is 10.9 Å². The fourth-order valence-electron chi connectivity index (χ4n) is 2.72. The molecule has 3 nitrogen and oxygen atoms in total. The van der Waals surface area contributed by atoms with Gasteiger partial charge in [-0.25, -0.2) is 0 Å². The number of hydrogen-bond donors (Lipinski definition) is 2. The lowest BCUT2D eigenvalue weighted by atomic mass is 9.62. The molecule has 3 N–H and O–H groups in total. The van der Waals surface area contributed by atoms with Crippen LogP contribution in [0.1, 0.15) is 45.4 Å². The first kappa shape index (κ1) is 16.8. The standard InChI is InChI=1S/C14H26N2OS2/c1-11-9-14(10-11,12(15)18)13(17)16-7-5-3-4-6-8-19-2/h11H,3-10H2,1-2H3,(H2,15,18)(H,16,17). The van der Waals surface area contributed by atoms with Gasteiger partial charge >= 0.3 is 0 Å². The molecule has 0 spiro atoms. The normalized spacial score (nSPS) is 25.7. The molecule has 0 heterocycles. The van der Waals surface area contributed by atoms with Crippen molar-refractivity contribution >= 4 is 34.9 Å². The minimum Gasteiger partial charge on any atom is -0.392 e. The highest BCUT2D eigenvalue weighted by Crippen LogP contribution is 2.45. The van der Waals surface area contributed by atoms with E-state index >= 15 is 0 Å². The van der Waals surface area contributed by atoms with Gasteiger partial charge in [0, 0.05) is 6.54 Å². The smallest absolute Gasteiger partial charge is 0.233 e. The summed E-state index contributed by atoms with van der Waals surface area (Å²) < 4.78 is 0. The highest BCUT2D eigenvalue weighted by atomic mass is 32.2. The van der Waals surface area contributed by atoms with Gasteiger partial charge < -0.3 is 11.1 Å². The van der Waals surface area contributed by atoms with Crippen molar-refractivity contribution in [2.75, 3.05) is 18.6 Å². The maximum Gasteiger partial charge on any atom is 0.233 e. The Hall–Kier alpha value is -0.290. The van der Waals surface area contributed by atoms with Crippen LogP contribution in [-0.4, -0.2) is 29.4 Å². The van der Waals surface area contributed by atoms with Crippen LogP contribution in [-0.2, 0) is 4.79 Å². The van der Waals surface area contributed by atoms with E-state index in [4.69, 9.17) is 18.0 Å². The van der Waals surface area contributed by atoms with E-state index in [2.05, 4.69) is 18.5 Å². The van der Waals surface area contributed by atoms with Crippen LogP contribution < -0.4 is 11.1 Å². The Balaban J connectivity index is 2.18. The van der Waals surface area contributed by atoms with Crippen LogP contribution in [0.3, 0.4) is 0 Å². The van der Waals surface area contributed by atoms with Gasteiger partial charge in [-0.2, -0.15) is 11.8 Å². The maximum atomic E-state index is 12.2.